The average Bonchev–Trinajstić information content (AvgIpc) is 2.71. The molecule has 0 atom stereocenters. The molecule has 0 aliphatic rings. The number of aromatic nitrogens is 3. The van der Waals surface area contributed by atoms with Gasteiger partial charge in [-0.05, 0) is 53.2 Å². The summed E-state index contributed by atoms with van der Waals surface area (Å²) in [6.07, 6.45) is 1.77. The summed E-state index contributed by atoms with van der Waals surface area (Å²) in [5.41, 5.74) is 2.98. The third kappa shape index (κ3) is 2.22. The zero-order valence-electron chi connectivity index (χ0n) is 9.74. The summed E-state index contributed by atoms with van der Waals surface area (Å²) < 4.78 is 0.965. The van der Waals surface area contributed by atoms with Gasteiger partial charge in [0.15, 0.2) is 0 Å². The van der Waals surface area contributed by atoms with Crippen molar-refractivity contribution < 1.29 is 0 Å². The summed E-state index contributed by atoms with van der Waals surface area (Å²) in [5.74, 6) is 1.73. The Bertz CT molecular complexity index is 688. The molecule has 2 N–H and O–H groups in total. The molecule has 0 radical (unpaired) electrons. The van der Waals surface area contributed by atoms with Crippen LogP contribution >= 0.6 is 15.9 Å². The summed E-state index contributed by atoms with van der Waals surface area (Å²) in [7, 11) is 0. The smallest absolute Gasteiger partial charge is 0.130 e. The first-order valence-corrected chi connectivity index (χ1v) is 6.35. The number of aryl methyl sites for hydroxylation is 1. The van der Waals surface area contributed by atoms with Crippen molar-refractivity contribution in [2.75, 3.05) is 5.32 Å². The quantitative estimate of drug-likeness (QED) is 0.757. The normalized spacial score (nSPS) is 10.8. The number of pyridine rings is 1. The number of H-pyrrole nitrogens is 1. The Kier molecular flexibility index (Phi) is 2.76. The van der Waals surface area contributed by atoms with Crippen LogP contribution in [0.4, 0.5) is 11.5 Å². The molecule has 3 aromatic rings. The fourth-order valence-corrected chi connectivity index (χ4v) is 2.05. The molecule has 5 heteroatoms. The standard InChI is InChI=1S/C13H11BrN4/c1-8-16-11-4-3-10(6-12(11)17-8)18-13-5-2-9(14)7-15-13/h2-7H,1H3,(H,15,18)(H,16,17). The fraction of sp³-hybridized carbons (Fsp3) is 0.0769. The Morgan fingerprint density at radius 2 is 2.11 bits per heavy atom. The zero-order valence-corrected chi connectivity index (χ0v) is 11.3. The van der Waals surface area contributed by atoms with E-state index in [1.54, 1.807) is 6.20 Å². The predicted octanol–water partition coefficient (Wildman–Crippen LogP) is 3.77. The summed E-state index contributed by atoms with van der Waals surface area (Å²) >= 11 is 3.36. The van der Waals surface area contributed by atoms with Gasteiger partial charge in [0.1, 0.15) is 11.6 Å². The first-order valence-electron chi connectivity index (χ1n) is 5.56. The molecule has 1 aromatic carbocycles. The largest absolute Gasteiger partial charge is 0.342 e. The van der Waals surface area contributed by atoms with E-state index in [0.29, 0.717) is 0 Å². The van der Waals surface area contributed by atoms with Gasteiger partial charge in [0.25, 0.3) is 0 Å². The highest BCUT2D eigenvalue weighted by atomic mass is 79.9. The Morgan fingerprint density at radius 1 is 1.22 bits per heavy atom. The van der Waals surface area contributed by atoms with Gasteiger partial charge in [-0.1, -0.05) is 0 Å². The fourth-order valence-electron chi connectivity index (χ4n) is 1.81. The van der Waals surface area contributed by atoms with Crippen LogP contribution in [0.2, 0.25) is 0 Å². The van der Waals surface area contributed by atoms with Gasteiger partial charge in [-0.2, -0.15) is 0 Å². The molecule has 0 fully saturated rings. The van der Waals surface area contributed by atoms with Crippen LogP contribution in [0.15, 0.2) is 41.0 Å². The third-order valence-electron chi connectivity index (χ3n) is 2.60. The van der Waals surface area contributed by atoms with Gasteiger partial charge < -0.3 is 10.3 Å². The topological polar surface area (TPSA) is 53.6 Å². The third-order valence-corrected chi connectivity index (χ3v) is 3.07. The van der Waals surface area contributed by atoms with E-state index in [1.165, 1.54) is 0 Å². The van der Waals surface area contributed by atoms with Crippen LogP contribution in [0, 0.1) is 6.92 Å². The lowest BCUT2D eigenvalue weighted by Gasteiger charge is -2.05. The minimum Gasteiger partial charge on any atom is -0.342 e. The van der Waals surface area contributed by atoms with Gasteiger partial charge >= 0.3 is 0 Å². The van der Waals surface area contributed by atoms with Crippen LogP contribution in [-0.2, 0) is 0 Å². The SMILES string of the molecule is Cc1nc2ccc(Nc3ccc(Br)cn3)cc2[nH]1. The summed E-state index contributed by atoms with van der Waals surface area (Å²) in [5, 5.41) is 3.25. The molecule has 0 saturated heterocycles. The highest BCUT2D eigenvalue weighted by molar-refractivity contribution is 9.10. The second-order valence-electron chi connectivity index (χ2n) is 4.04. The lowest BCUT2D eigenvalue weighted by molar-refractivity contribution is 1.17. The number of halogens is 1. The van der Waals surface area contributed by atoms with E-state index in [9.17, 15) is 0 Å². The molecular weight excluding hydrogens is 292 g/mol. The van der Waals surface area contributed by atoms with E-state index in [1.807, 2.05) is 37.3 Å². The molecule has 0 amide bonds. The maximum Gasteiger partial charge on any atom is 0.130 e. The van der Waals surface area contributed by atoms with Gasteiger partial charge in [-0.3, -0.25) is 0 Å². The Hall–Kier alpha value is -1.88. The molecule has 0 spiro atoms. The van der Waals surface area contributed by atoms with Gasteiger partial charge in [-0.25, -0.2) is 9.97 Å². The molecule has 18 heavy (non-hydrogen) atoms. The molecule has 0 saturated carbocycles. The van der Waals surface area contributed by atoms with Crippen LogP contribution in [-0.4, -0.2) is 15.0 Å². The van der Waals surface area contributed by atoms with Crippen molar-refractivity contribution in [1.29, 1.82) is 0 Å². The van der Waals surface area contributed by atoms with E-state index in [2.05, 4.69) is 36.2 Å². The van der Waals surface area contributed by atoms with E-state index >= 15 is 0 Å². The zero-order chi connectivity index (χ0) is 12.5. The molecule has 0 aliphatic carbocycles. The number of rotatable bonds is 2. The monoisotopic (exact) mass is 302 g/mol. The number of fused-ring (bicyclic) bond motifs is 1. The molecule has 0 aliphatic heterocycles. The molecule has 0 bridgehead atoms. The highest BCUT2D eigenvalue weighted by Crippen LogP contribution is 2.20. The van der Waals surface area contributed by atoms with Crippen molar-refractivity contribution in [3.05, 3.63) is 46.8 Å². The second kappa shape index (κ2) is 4.42. The van der Waals surface area contributed by atoms with Crippen LogP contribution in [0.5, 0.6) is 0 Å². The number of hydrogen-bond donors (Lipinski definition) is 2. The predicted molar refractivity (Wildman–Crippen MR) is 76.1 cm³/mol. The van der Waals surface area contributed by atoms with Crippen molar-refractivity contribution >= 4 is 38.5 Å². The lowest BCUT2D eigenvalue weighted by Crippen LogP contribution is -1.92. The maximum atomic E-state index is 4.37. The van der Waals surface area contributed by atoms with Gasteiger partial charge in [0.05, 0.1) is 11.0 Å². The van der Waals surface area contributed by atoms with E-state index in [4.69, 9.17) is 0 Å². The molecule has 2 aromatic heterocycles. The van der Waals surface area contributed by atoms with Crippen molar-refractivity contribution in [3.8, 4) is 0 Å². The number of nitrogens with zero attached hydrogens (tertiary/aromatic N) is 2. The van der Waals surface area contributed by atoms with Gasteiger partial charge in [-0.15, -0.1) is 0 Å². The molecular formula is C13H11BrN4. The molecule has 4 nitrogen and oxygen atoms in total. The number of imidazole rings is 1. The summed E-state index contributed by atoms with van der Waals surface area (Å²) in [6.45, 7) is 1.95. The van der Waals surface area contributed by atoms with Crippen LogP contribution < -0.4 is 5.32 Å². The van der Waals surface area contributed by atoms with Crippen molar-refractivity contribution in [1.82, 2.24) is 15.0 Å². The van der Waals surface area contributed by atoms with E-state index < -0.39 is 0 Å². The number of hydrogen-bond acceptors (Lipinski definition) is 3. The summed E-state index contributed by atoms with van der Waals surface area (Å²) in [6, 6.07) is 9.88. The van der Waals surface area contributed by atoms with E-state index in [-0.39, 0.29) is 0 Å². The Balaban J connectivity index is 1.92. The maximum absolute atomic E-state index is 4.37. The number of anilines is 2. The molecule has 2 heterocycles. The molecule has 3 rings (SSSR count). The summed E-state index contributed by atoms with van der Waals surface area (Å²) in [4.78, 5) is 11.9. The lowest BCUT2D eigenvalue weighted by atomic mass is 10.2. The minimum absolute atomic E-state index is 0.814. The van der Waals surface area contributed by atoms with Crippen LogP contribution in [0.25, 0.3) is 11.0 Å². The molecule has 0 unspecified atom stereocenters. The van der Waals surface area contributed by atoms with Crippen LogP contribution in [0.3, 0.4) is 0 Å². The van der Waals surface area contributed by atoms with Crippen LogP contribution in [0.1, 0.15) is 5.82 Å². The number of nitrogens with one attached hydrogen (secondary N) is 2. The van der Waals surface area contributed by atoms with Crippen molar-refractivity contribution in [2.45, 2.75) is 6.92 Å². The Labute approximate surface area is 113 Å². The minimum atomic E-state index is 0.814. The second-order valence-corrected chi connectivity index (χ2v) is 4.96. The van der Waals surface area contributed by atoms with Crippen molar-refractivity contribution in [3.63, 3.8) is 0 Å². The first kappa shape index (κ1) is 11.2. The van der Waals surface area contributed by atoms with Crippen molar-refractivity contribution in [2.24, 2.45) is 0 Å². The number of aromatic amines is 1. The van der Waals surface area contributed by atoms with Gasteiger partial charge in [0.2, 0.25) is 0 Å². The van der Waals surface area contributed by atoms with Gasteiger partial charge in [0, 0.05) is 16.4 Å². The highest BCUT2D eigenvalue weighted by Gasteiger charge is 2.01. The Morgan fingerprint density at radius 3 is 2.89 bits per heavy atom. The average molecular weight is 303 g/mol. The molecule has 90 valence electrons. The number of benzene rings is 1. The van der Waals surface area contributed by atoms with E-state index in [0.717, 1.165) is 32.8 Å². The first-order chi connectivity index (χ1) is 8.70.